The molecule has 7 heteroatoms. The lowest BCUT2D eigenvalue weighted by atomic mass is 9.92. The molecule has 1 aliphatic rings. The van der Waals surface area contributed by atoms with Gasteiger partial charge in [0, 0.05) is 29.4 Å². The molecule has 0 spiro atoms. The monoisotopic (exact) mass is 484 g/mol. The van der Waals surface area contributed by atoms with Gasteiger partial charge in [-0.3, -0.25) is 4.79 Å². The van der Waals surface area contributed by atoms with Gasteiger partial charge < -0.3 is 10.0 Å². The number of hydrogen-bond donors (Lipinski definition) is 1. The zero-order chi connectivity index (χ0) is 24.7. The van der Waals surface area contributed by atoms with Crippen LogP contribution in [0.3, 0.4) is 0 Å². The van der Waals surface area contributed by atoms with Crippen molar-refractivity contribution in [2.45, 2.75) is 23.6 Å². The molecule has 6 nitrogen and oxygen atoms in total. The topological polar surface area (TPSA) is 87.0 Å². The van der Waals surface area contributed by atoms with Gasteiger partial charge in [0.2, 0.25) is 9.84 Å². The number of phenols is 1. The molecule has 176 valence electrons. The number of aliphatic imine (C=N–C) groups is 1. The molecule has 4 aromatic rings. The maximum Gasteiger partial charge on any atom is 0.280 e. The van der Waals surface area contributed by atoms with E-state index in [9.17, 15) is 18.3 Å². The summed E-state index contributed by atoms with van der Waals surface area (Å²) in [6.07, 6.45) is 0. The predicted molar refractivity (Wildman–Crippen MR) is 137 cm³/mol. The molecule has 0 aliphatic carbocycles. The first-order chi connectivity index (χ1) is 16.9. The smallest absolute Gasteiger partial charge is 0.280 e. The average molecular weight is 485 g/mol. The third-order valence-electron chi connectivity index (χ3n) is 6.40. The van der Waals surface area contributed by atoms with E-state index in [1.807, 2.05) is 38.1 Å². The molecular weight excluding hydrogens is 460 g/mol. The minimum atomic E-state index is -3.68. The third kappa shape index (κ3) is 3.59. The molecule has 0 saturated carbocycles. The number of carbonyl (C=O) groups excluding carboxylic acids is 1. The molecule has 5 rings (SSSR count). The molecule has 0 aromatic heterocycles. The van der Waals surface area contributed by atoms with Gasteiger partial charge >= 0.3 is 0 Å². The summed E-state index contributed by atoms with van der Waals surface area (Å²) in [4.78, 5) is 19.9. The van der Waals surface area contributed by atoms with Gasteiger partial charge in [-0.25, -0.2) is 13.4 Å². The van der Waals surface area contributed by atoms with Gasteiger partial charge in [-0.05, 0) is 38.1 Å². The van der Waals surface area contributed by atoms with E-state index in [1.54, 1.807) is 42.5 Å². The second-order valence-corrected chi connectivity index (χ2v) is 10.2. The summed E-state index contributed by atoms with van der Waals surface area (Å²) in [5.74, 6) is -0.420. The number of carbonyl (C=O) groups is 1. The van der Waals surface area contributed by atoms with Crippen molar-refractivity contribution in [3.63, 3.8) is 0 Å². The Morgan fingerprint density at radius 3 is 1.97 bits per heavy atom. The average Bonchev–Trinajstić information content (AvgIpc) is 3.24. The molecule has 0 unspecified atom stereocenters. The van der Waals surface area contributed by atoms with E-state index in [4.69, 9.17) is 0 Å². The third-order valence-corrected chi connectivity index (χ3v) is 8.18. The van der Waals surface area contributed by atoms with E-state index in [1.165, 1.54) is 12.1 Å². The van der Waals surface area contributed by atoms with Crippen LogP contribution in [0.4, 0.5) is 5.69 Å². The van der Waals surface area contributed by atoms with Gasteiger partial charge in [0.25, 0.3) is 5.91 Å². The normalized spacial score (nSPS) is 13.1. The van der Waals surface area contributed by atoms with Crippen LogP contribution in [0.25, 0.3) is 10.8 Å². The van der Waals surface area contributed by atoms with Crippen LogP contribution in [0.15, 0.2) is 93.6 Å². The highest BCUT2D eigenvalue weighted by Crippen LogP contribution is 2.44. The lowest BCUT2D eigenvalue weighted by molar-refractivity contribution is 0.101. The van der Waals surface area contributed by atoms with Crippen molar-refractivity contribution in [3.05, 3.63) is 95.6 Å². The Labute approximate surface area is 204 Å². The number of hydrogen-bond acceptors (Lipinski definition) is 5. The van der Waals surface area contributed by atoms with Crippen LogP contribution in [-0.2, 0) is 9.84 Å². The van der Waals surface area contributed by atoms with Gasteiger partial charge in [0.05, 0.1) is 32.3 Å². The second kappa shape index (κ2) is 8.67. The molecule has 4 aromatic carbocycles. The van der Waals surface area contributed by atoms with Crippen LogP contribution in [0.1, 0.15) is 35.3 Å². The van der Waals surface area contributed by atoms with Gasteiger partial charge in [-0.1, -0.05) is 54.6 Å². The fraction of sp³-hybridized carbons (Fsp3) is 0.143. The Hall–Kier alpha value is -3.97. The lowest BCUT2D eigenvalue weighted by Crippen LogP contribution is -2.24. The number of phenolic OH excluding ortho intramolecular Hbond substituents is 1. The van der Waals surface area contributed by atoms with Gasteiger partial charge in [0.15, 0.2) is 0 Å². The van der Waals surface area contributed by atoms with Crippen LogP contribution in [0.2, 0.25) is 0 Å². The molecule has 0 saturated heterocycles. The lowest BCUT2D eigenvalue weighted by Gasteiger charge is -2.26. The van der Waals surface area contributed by atoms with Crippen LogP contribution < -0.4 is 4.90 Å². The van der Waals surface area contributed by atoms with Crippen molar-refractivity contribution in [2.24, 2.45) is 4.99 Å². The van der Waals surface area contributed by atoms with Crippen molar-refractivity contribution in [1.82, 2.24) is 0 Å². The number of amides is 1. The largest absolute Gasteiger partial charge is 0.507 e. The van der Waals surface area contributed by atoms with E-state index in [2.05, 4.69) is 9.89 Å². The summed E-state index contributed by atoms with van der Waals surface area (Å²) < 4.78 is 25.9. The molecule has 0 atom stereocenters. The molecule has 1 amide bonds. The summed E-state index contributed by atoms with van der Waals surface area (Å²) >= 11 is 0. The Morgan fingerprint density at radius 1 is 0.771 bits per heavy atom. The SMILES string of the molecule is CCN(CC)c1c2c(c(O)c3ccccc13)C(c1ccc(S(=O)(=O)c3ccccc3)cc1)=NC2=O. The number of sulfone groups is 1. The first-order valence-electron chi connectivity index (χ1n) is 11.4. The molecule has 1 aliphatic heterocycles. The molecule has 0 bridgehead atoms. The number of nitrogens with zero attached hydrogens (tertiary/aromatic N) is 2. The number of fused-ring (bicyclic) bond motifs is 2. The summed E-state index contributed by atoms with van der Waals surface area (Å²) in [5.41, 5.74) is 2.41. The van der Waals surface area contributed by atoms with Crippen molar-refractivity contribution in [1.29, 1.82) is 0 Å². The Morgan fingerprint density at radius 2 is 1.34 bits per heavy atom. The highest BCUT2D eigenvalue weighted by atomic mass is 32.2. The Bertz CT molecular complexity index is 1590. The number of anilines is 1. The molecule has 1 heterocycles. The van der Waals surface area contributed by atoms with E-state index in [-0.39, 0.29) is 15.5 Å². The number of aromatic hydroxyl groups is 1. The standard InChI is InChI=1S/C28H24N2O4S/c1-3-30(4-2)26-21-12-8-9-13-22(21)27(31)23-24(26)28(32)29-25(23)18-14-16-20(17-15-18)35(33,34)19-10-6-5-7-11-19/h5-17,31H,3-4H2,1-2H3. The summed E-state index contributed by atoms with van der Waals surface area (Å²) in [7, 11) is -3.68. The van der Waals surface area contributed by atoms with Gasteiger partial charge in [-0.15, -0.1) is 0 Å². The number of benzene rings is 4. The Kier molecular flexibility index (Phi) is 5.65. The van der Waals surface area contributed by atoms with Crippen molar-refractivity contribution < 1.29 is 18.3 Å². The van der Waals surface area contributed by atoms with Crippen LogP contribution >= 0.6 is 0 Å². The van der Waals surface area contributed by atoms with Crippen LogP contribution in [-0.4, -0.2) is 38.2 Å². The first-order valence-corrected chi connectivity index (χ1v) is 12.9. The van der Waals surface area contributed by atoms with E-state index in [0.29, 0.717) is 40.9 Å². The van der Waals surface area contributed by atoms with Crippen molar-refractivity contribution in [3.8, 4) is 5.75 Å². The number of rotatable bonds is 6. The zero-order valence-electron chi connectivity index (χ0n) is 19.4. The molecular formula is C28H24N2O4S. The van der Waals surface area contributed by atoms with E-state index in [0.717, 1.165) is 11.1 Å². The summed E-state index contributed by atoms with van der Waals surface area (Å²) in [5, 5.41) is 12.7. The minimum absolute atomic E-state index is 0.00269. The highest BCUT2D eigenvalue weighted by molar-refractivity contribution is 7.91. The quantitative estimate of drug-likeness (QED) is 0.406. The highest BCUT2D eigenvalue weighted by Gasteiger charge is 2.34. The summed E-state index contributed by atoms with van der Waals surface area (Å²) in [6, 6.07) is 21.9. The van der Waals surface area contributed by atoms with Crippen LogP contribution in [0, 0.1) is 0 Å². The van der Waals surface area contributed by atoms with E-state index < -0.39 is 15.7 Å². The summed E-state index contributed by atoms with van der Waals surface area (Å²) in [6.45, 7) is 5.41. The fourth-order valence-corrected chi connectivity index (χ4v) is 5.94. The molecule has 0 fully saturated rings. The minimum Gasteiger partial charge on any atom is -0.507 e. The molecule has 35 heavy (non-hydrogen) atoms. The van der Waals surface area contributed by atoms with Gasteiger partial charge in [0.1, 0.15) is 5.75 Å². The zero-order valence-corrected chi connectivity index (χ0v) is 20.2. The second-order valence-electron chi connectivity index (χ2n) is 8.27. The Balaban J connectivity index is 1.66. The van der Waals surface area contributed by atoms with Crippen molar-refractivity contribution >= 4 is 37.9 Å². The van der Waals surface area contributed by atoms with Gasteiger partial charge in [-0.2, -0.15) is 0 Å². The maximum absolute atomic E-state index is 13.2. The fourth-order valence-electron chi connectivity index (χ4n) is 4.66. The maximum atomic E-state index is 13.2. The molecule has 1 N–H and O–H groups in total. The van der Waals surface area contributed by atoms with Crippen molar-refractivity contribution in [2.75, 3.05) is 18.0 Å². The predicted octanol–water partition coefficient (Wildman–Crippen LogP) is 5.22. The van der Waals surface area contributed by atoms with E-state index >= 15 is 0 Å². The first kappa shape index (κ1) is 22.8. The molecule has 0 radical (unpaired) electrons. The van der Waals surface area contributed by atoms with Crippen LogP contribution in [0.5, 0.6) is 5.75 Å².